The Balaban J connectivity index is 1.64. The normalized spacial score (nSPS) is 10.2. The first-order valence-electron chi connectivity index (χ1n) is 7.32. The van der Waals surface area contributed by atoms with Crippen molar-refractivity contribution in [2.45, 2.75) is 6.54 Å². The molecule has 8 heteroatoms. The summed E-state index contributed by atoms with van der Waals surface area (Å²) in [5.41, 5.74) is 8.08. The molecule has 0 aliphatic rings. The zero-order valence-electron chi connectivity index (χ0n) is 12.8. The molecule has 0 fully saturated rings. The molecule has 0 radical (unpaired) electrons. The topological polar surface area (TPSA) is 121 Å². The quantitative estimate of drug-likeness (QED) is 0.494. The molecule has 2 aromatic heterocycles. The third-order valence-corrected chi connectivity index (χ3v) is 3.25. The first-order valence-corrected chi connectivity index (χ1v) is 7.32. The number of nitrogens with two attached hydrogens (primary N) is 1. The second kappa shape index (κ2) is 7.14. The molecule has 0 aliphatic heterocycles. The van der Waals surface area contributed by atoms with Crippen LogP contribution in [0.5, 0.6) is 0 Å². The highest BCUT2D eigenvalue weighted by atomic mass is 16.2. The summed E-state index contributed by atoms with van der Waals surface area (Å²) >= 11 is 0. The first-order chi connectivity index (χ1) is 11.7. The molecule has 2 amide bonds. The van der Waals surface area contributed by atoms with E-state index in [1.54, 1.807) is 18.5 Å². The molecule has 0 bridgehead atoms. The van der Waals surface area contributed by atoms with E-state index in [1.807, 2.05) is 36.4 Å². The summed E-state index contributed by atoms with van der Waals surface area (Å²) in [6.07, 6.45) is 3.31. The lowest BCUT2D eigenvalue weighted by Crippen LogP contribution is -2.28. The summed E-state index contributed by atoms with van der Waals surface area (Å²) in [6.45, 7) is 0.415. The maximum Gasteiger partial charge on any atom is 0.320 e. The molecule has 0 atom stereocenters. The third-order valence-electron chi connectivity index (χ3n) is 3.25. The highest BCUT2D eigenvalue weighted by Crippen LogP contribution is 2.28. The number of aromatic amines is 1. The van der Waals surface area contributed by atoms with Gasteiger partial charge in [-0.15, -0.1) is 0 Å². The van der Waals surface area contributed by atoms with Gasteiger partial charge >= 0.3 is 6.03 Å². The lowest BCUT2D eigenvalue weighted by molar-refractivity contribution is 0.251. The number of carbonyl (C=O) groups excluding carboxylic acids is 1. The second-order valence-electron chi connectivity index (χ2n) is 5.02. The van der Waals surface area contributed by atoms with Gasteiger partial charge in [0, 0.05) is 12.7 Å². The number of nitrogens with zero attached hydrogens (tertiary/aromatic N) is 2. The van der Waals surface area contributed by atoms with E-state index in [0.29, 0.717) is 23.9 Å². The van der Waals surface area contributed by atoms with E-state index in [-0.39, 0.29) is 6.03 Å². The minimum atomic E-state index is -0.375. The van der Waals surface area contributed by atoms with Crippen LogP contribution >= 0.6 is 0 Å². The number of rotatable bonds is 5. The number of pyridine rings is 1. The van der Waals surface area contributed by atoms with Gasteiger partial charge in [-0.05, 0) is 17.7 Å². The molecule has 8 nitrogen and oxygen atoms in total. The number of nitrogens with one attached hydrogen (secondary N) is 4. The van der Waals surface area contributed by atoms with Crippen LogP contribution in [-0.4, -0.2) is 21.2 Å². The number of anilines is 4. The Morgan fingerprint density at radius 3 is 2.75 bits per heavy atom. The summed E-state index contributed by atoms with van der Waals surface area (Å²) in [7, 11) is 0. The summed E-state index contributed by atoms with van der Waals surface area (Å²) in [5.74, 6) is 0.624. The molecule has 0 saturated carbocycles. The Labute approximate surface area is 138 Å². The van der Waals surface area contributed by atoms with Crippen LogP contribution in [0.25, 0.3) is 0 Å². The van der Waals surface area contributed by atoms with E-state index in [1.165, 1.54) is 0 Å². The van der Waals surface area contributed by atoms with Gasteiger partial charge in [0.1, 0.15) is 11.5 Å². The molecule has 3 rings (SSSR count). The molecule has 1 aromatic carbocycles. The summed E-state index contributed by atoms with van der Waals surface area (Å²) in [6, 6.07) is 12.9. The first kappa shape index (κ1) is 15.3. The van der Waals surface area contributed by atoms with Crippen molar-refractivity contribution < 1.29 is 4.79 Å². The fraction of sp³-hybridized carbons (Fsp3) is 0.0625. The molecule has 2 heterocycles. The Bertz CT molecular complexity index is 802. The number of carbonyl (C=O) groups is 1. The van der Waals surface area contributed by atoms with Gasteiger partial charge in [-0.3, -0.25) is 15.4 Å². The molecule has 6 N–H and O–H groups in total. The molecule has 0 saturated heterocycles. The Morgan fingerprint density at radius 1 is 1.17 bits per heavy atom. The zero-order chi connectivity index (χ0) is 16.8. The van der Waals surface area contributed by atoms with Crippen molar-refractivity contribution in [3.05, 3.63) is 60.4 Å². The average Bonchev–Trinajstić information content (AvgIpc) is 2.95. The van der Waals surface area contributed by atoms with Crippen LogP contribution in [-0.2, 0) is 6.54 Å². The zero-order valence-corrected chi connectivity index (χ0v) is 12.8. The van der Waals surface area contributed by atoms with Gasteiger partial charge in [0.2, 0.25) is 0 Å². The Kier molecular flexibility index (Phi) is 4.57. The Morgan fingerprint density at radius 2 is 2.00 bits per heavy atom. The highest BCUT2D eigenvalue weighted by Gasteiger charge is 2.14. The van der Waals surface area contributed by atoms with Crippen LogP contribution in [0, 0.1) is 0 Å². The number of H-pyrrole nitrogens is 1. The van der Waals surface area contributed by atoms with Crippen molar-refractivity contribution in [3.63, 3.8) is 0 Å². The molecule has 3 aromatic rings. The van der Waals surface area contributed by atoms with Crippen molar-refractivity contribution in [3.8, 4) is 0 Å². The largest absolute Gasteiger partial charge is 0.382 e. The van der Waals surface area contributed by atoms with Gasteiger partial charge in [-0.1, -0.05) is 30.3 Å². The summed E-state index contributed by atoms with van der Waals surface area (Å²) in [4.78, 5) is 16.1. The van der Waals surface area contributed by atoms with Crippen molar-refractivity contribution in [2.24, 2.45) is 0 Å². The number of urea groups is 1. The number of aromatic nitrogens is 3. The number of hydrogen-bond donors (Lipinski definition) is 5. The lowest BCUT2D eigenvalue weighted by atomic mass is 10.2. The highest BCUT2D eigenvalue weighted by molar-refractivity contribution is 5.94. The number of benzene rings is 1. The molecule has 0 unspecified atom stereocenters. The van der Waals surface area contributed by atoms with E-state index < -0.39 is 0 Å². The van der Waals surface area contributed by atoms with E-state index in [4.69, 9.17) is 5.73 Å². The molecule has 24 heavy (non-hydrogen) atoms. The monoisotopic (exact) mass is 323 g/mol. The van der Waals surface area contributed by atoms with Crippen LogP contribution in [0.15, 0.2) is 54.9 Å². The van der Waals surface area contributed by atoms with E-state index >= 15 is 0 Å². The number of hydrogen-bond acceptors (Lipinski definition) is 5. The predicted octanol–water partition coefficient (Wildman–Crippen LogP) is 2.45. The number of amides is 2. The standard InChI is InChI=1S/C16H17N7O/c17-14-13(20-12-7-4-8-18-10-12)15(23-22-14)21-16(24)19-9-11-5-2-1-3-6-11/h1-8,10,20H,9H2,(H5,17,19,21,22,23,24). The molecular weight excluding hydrogens is 306 g/mol. The molecule has 0 spiro atoms. The van der Waals surface area contributed by atoms with Crippen LogP contribution in [0.1, 0.15) is 5.56 Å². The molecule has 122 valence electrons. The predicted molar refractivity (Wildman–Crippen MR) is 92.8 cm³/mol. The minimum Gasteiger partial charge on any atom is -0.382 e. The van der Waals surface area contributed by atoms with E-state index in [2.05, 4.69) is 31.1 Å². The van der Waals surface area contributed by atoms with E-state index in [9.17, 15) is 4.79 Å². The van der Waals surface area contributed by atoms with Gasteiger partial charge in [0.25, 0.3) is 0 Å². The maximum absolute atomic E-state index is 12.0. The smallest absolute Gasteiger partial charge is 0.320 e. The fourth-order valence-corrected chi connectivity index (χ4v) is 2.08. The van der Waals surface area contributed by atoms with Crippen molar-refractivity contribution >= 4 is 29.0 Å². The maximum atomic E-state index is 12.0. The minimum absolute atomic E-state index is 0.307. The lowest BCUT2D eigenvalue weighted by Gasteiger charge is -2.09. The van der Waals surface area contributed by atoms with Crippen LogP contribution in [0.3, 0.4) is 0 Å². The second-order valence-corrected chi connectivity index (χ2v) is 5.02. The SMILES string of the molecule is Nc1[nH]nc(NC(=O)NCc2ccccc2)c1Nc1cccnc1. The molecular formula is C16H17N7O. The van der Waals surface area contributed by atoms with Gasteiger partial charge in [0.05, 0.1) is 11.9 Å². The average molecular weight is 323 g/mol. The molecule has 0 aliphatic carbocycles. The van der Waals surface area contributed by atoms with Gasteiger partial charge < -0.3 is 16.4 Å². The van der Waals surface area contributed by atoms with Gasteiger partial charge in [-0.25, -0.2) is 4.79 Å². The van der Waals surface area contributed by atoms with Gasteiger partial charge in [-0.2, -0.15) is 5.10 Å². The van der Waals surface area contributed by atoms with Crippen molar-refractivity contribution in [2.75, 3.05) is 16.4 Å². The summed E-state index contributed by atoms with van der Waals surface area (Å²) < 4.78 is 0. The van der Waals surface area contributed by atoms with Crippen LogP contribution in [0.2, 0.25) is 0 Å². The third kappa shape index (κ3) is 3.80. The fourth-order valence-electron chi connectivity index (χ4n) is 2.08. The van der Waals surface area contributed by atoms with Crippen molar-refractivity contribution in [1.29, 1.82) is 0 Å². The van der Waals surface area contributed by atoms with Gasteiger partial charge in [0.15, 0.2) is 5.82 Å². The van der Waals surface area contributed by atoms with E-state index in [0.717, 1.165) is 11.3 Å². The Hall–Kier alpha value is -3.55. The number of nitrogen functional groups attached to an aromatic ring is 1. The summed E-state index contributed by atoms with van der Waals surface area (Å²) in [5, 5.41) is 15.1. The van der Waals surface area contributed by atoms with Crippen LogP contribution < -0.4 is 21.7 Å². The van der Waals surface area contributed by atoms with Crippen LogP contribution in [0.4, 0.5) is 27.8 Å². The van der Waals surface area contributed by atoms with Crippen molar-refractivity contribution in [1.82, 2.24) is 20.5 Å².